The van der Waals surface area contributed by atoms with Crippen molar-refractivity contribution in [3.8, 4) is 0 Å². The molecule has 2 aliphatic carbocycles. The number of carbonyl (C=O) groups is 1. The van der Waals surface area contributed by atoms with Gasteiger partial charge in [-0.05, 0) is 73.8 Å². The monoisotopic (exact) mass is 550 g/mol. The zero-order valence-electron chi connectivity index (χ0n) is 22.3. The van der Waals surface area contributed by atoms with Crippen LogP contribution in [0.5, 0.6) is 0 Å². The summed E-state index contributed by atoms with van der Waals surface area (Å²) in [5.41, 5.74) is 0.0705. The van der Waals surface area contributed by atoms with Gasteiger partial charge < -0.3 is 15.1 Å². The van der Waals surface area contributed by atoms with E-state index >= 15 is 0 Å². The molecule has 5 nitrogen and oxygen atoms in total. The fraction of sp³-hybridized carbons (Fsp3) is 0.586. The summed E-state index contributed by atoms with van der Waals surface area (Å²) < 4.78 is 67.4. The van der Waals surface area contributed by atoms with Crippen molar-refractivity contribution in [3.63, 3.8) is 0 Å². The van der Waals surface area contributed by atoms with Crippen molar-refractivity contribution in [2.45, 2.75) is 70.6 Å². The van der Waals surface area contributed by atoms with Crippen LogP contribution in [-0.4, -0.2) is 54.1 Å². The van der Waals surface area contributed by atoms with Crippen molar-refractivity contribution in [1.29, 1.82) is 0 Å². The lowest BCUT2D eigenvalue weighted by Gasteiger charge is -2.42. The predicted octanol–water partition coefficient (Wildman–Crippen LogP) is 5.37. The number of halogens is 5. The Labute approximate surface area is 225 Å². The van der Waals surface area contributed by atoms with Crippen LogP contribution in [0.2, 0.25) is 0 Å². The molecule has 1 saturated heterocycles. The Kier molecular flexibility index (Phi) is 7.61. The van der Waals surface area contributed by atoms with E-state index in [9.17, 15) is 26.7 Å². The van der Waals surface area contributed by atoms with Crippen LogP contribution in [0.15, 0.2) is 30.5 Å². The number of alkyl halides is 3. The van der Waals surface area contributed by atoms with Crippen molar-refractivity contribution in [1.82, 2.24) is 15.2 Å². The maximum Gasteiger partial charge on any atom is 0.416 e. The molecule has 0 spiro atoms. The third-order valence-corrected chi connectivity index (χ3v) is 8.98. The number of aryl methyl sites for hydroxylation is 1. The summed E-state index contributed by atoms with van der Waals surface area (Å²) >= 11 is 0. The lowest BCUT2D eigenvalue weighted by Crippen LogP contribution is -2.54. The van der Waals surface area contributed by atoms with Crippen LogP contribution in [0, 0.1) is 23.0 Å². The third-order valence-electron chi connectivity index (χ3n) is 8.98. The molecule has 5 rings (SSSR count). The molecule has 1 amide bonds. The van der Waals surface area contributed by atoms with E-state index in [0.29, 0.717) is 51.0 Å². The predicted molar refractivity (Wildman–Crippen MR) is 138 cm³/mol. The number of nitrogens with zero attached hydrogens (tertiary/aromatic N) is 3. The minimum absolute atomic E-state index is 0.0732. The van der Waals surface area contributed by atoms with E-state index in [1.165, 1.54) is 12.3 Å². The van der Waals surface area contributed by atoms with Crippen molar-refractivity contribution in [2.24, 2.45) is 11.3 Å². The Morgan fingerprint density at radius 3 is 2.51 bits per heavy atom. The highest BCUT2D eigenvalue weighted by atomic mass is 19.4. The molecule has 3 aliphatic rings. The largest absolute Gasteiger partial charge is 0.416 e. The summed E-state index contributed by atoms with van der Waals surface area (Å²) in [4.78, 5) is 21.7. The van der Waals surface area contributed by atoms with Gasteiger partial charge in [-0.3, -0.25) is 4.79 Å². The smallest absolute Gasteiger partial charge is 0.353 e. The lowest BCUT2D eigenvalue weighted by atomic mass is 9.74. The number of rotatable bonds is 5. The number of aromatic nitrogens is 1. The number of fused-ring (bicyclic) bond motifs is 1. The fourth-order valence-electron chi connectivity index (χ4n) is 6.67. The maximum atomic E-state index is 14.4. The molecule has 1 aliphatic heterocycles. The third kappa shape index (κ3) is 5.62. The number of carbonyl (C=O) groups excluding carboxylic acids is 1. The molecule has 2 heterocycles. The molecule has 0 radical (unpaired) electrons. The summed E-state index contributed by atoms with van der Waals surface area (Å²) in [5.74, 6) is -0.537. The number of pyridine rings is 1. The lowest BCUT2D eigenvalue weighted by molar-refractivity contribution is -0.145. The average Bonchev–Trinajstić information content (AvgIpc) is 3.33. The van der Waals surface area contributed by atoms with Crippen molar-refractivity contribution in [2.75, 3.05) is 31.1 Å². The minimum Gasteiger partial charge on any atom is -0.353 e. The summed E-state index contributed by atoms with van der Waals surface area (Å²) in [7, 11) is 0. The first-order valence-corrected chi connectivity index (χ1v) is 13.8. The van der Waals surface area contributed by atoms with Crippen LogP contribution < -0.4 is 10.2 Å². The van der Waals surface area contributed by atoms with Gasteiger partial charge in [0.2, 0.25) is 5.91 Å². The minimum atomic E-state index is -4.43. The van der Waals surface area contributed by atoms with E-state index in [4.69, 9.17) is 0 Å². The standard InChI is InChI=1S/C29H35F5N4O/c1-18(2)28(7-5-23(17-28)36-22-4-3-19-13-21(30)15-25(31)24(19)16-22)27(39)38-11-9-37(10-12-38)26-14-20(6-8-35-26)29(32,33)34/h6,8,13-15,18,22-23,36H,3-5,7,9-12,16-17H2,1-2H3/t22?,23-,28+/m1/s1. The summed E-state index contributed by atoms with van der Waals surface area (Å²) in [6.07, 6.45) is 0.938. The first kappa shape index (κ1) is 27.8. The summed E-state index contributed by atoms with van der Waals surface area (Å²) in [6, 6.07) is 4.60. The molecule has 3 atom stereocenters. The number of piperazine rings is 1. The van der Waals surface area contributed by atoms with Gasteiger partial charge in [-0.25, -0.2) is 13.8 Å². The van der Waals surface area contributed by atoms with Crippen LogP contribution in [0.1, 0.15) is 56.2 Å². The van der Waals surface area contributed by atoms with Gasteiger partial charge in [0.15, 0.2) is 0 Å². The van der Waals surface area contributed by atoms with E-state index in [0.717, 1.165) is 43.0 Å². The average molecular weight is 551 g/mol. The molecular formula is C29H35F5N4O. The fourth-order valence-corrected chi connectivity index (χ4v) is 6.67. The second kappa shape index (κ2) is 10.7. The van der Waals surface area contributed by atoms with E-state index in [1.54, 1.807) is 4.90 Å². The van der Waals surface area contributed by atoms with Crippen molar-refractivity contribution >= 4 is 11.7 Å². The molecule has 1 saturated carbocycles. The molecule has 39 heavy (non-hydrogen) atoms. The van der Waals surface area contributed by atoms with Crippen LogP contribution in [0.4, 0.5) is 27.8 Å². The molecule has 2 fully saturated rings. The molecule has 2 aromatic rings. The van der Waals surface area contributed by atoms with Gasteiger partial charge in [0.25, 0.3) is 0 Å². The highest BCUT2D eigenvalue weighted by molar-refractivity contribution is 5.84. The van der Waals surface area contributed by atoms with Gasteiger partial charge in [-0.2, -0.15) is 13.2 Å². The van der Waals surface area contributed by atoms with Crippen molar-refractivity contribution < 1.29 is 26.7 Å². The van der Waals surface area contributed by atoms with E-state index in [-0.39, 0.29) is 29.7 Å². The van der Waals surface area contributed by atoms with Crippen LogP contribution >= 0.6 is 0 Å². The highest BCUT2D eigenvalue weighted by Gasteiger charge is 2.50. The Morgan fingerprint density at radius 1 is 1.08 bits per heavy atom. The summed E-state index contributed by atoms with van der Waals surface area (Å²) in [5, 5.41) is 3.67. The van der Waals surface area contributed by atoms with Crippen molar-refractivity contribution in [3.05, 3.63) is 58.8 Å². The maximum absolute atomic E-state index is 14.4. The summed E-state index contributed by atoms with van der Waals surface area (Å²) in [6.45, 7) is 5.85. The van der Waals surface area contributed by atoms with E-state index < -0.39 is 28.8 Å². The first-order valence-electron chi connectivity index (χ1n) is 13.8. The van der Waals surface area contributed by atoms with Gasteiger partial charge >= 0.3 is 6.18 Å². The molecule has 1 aromatic heterocycles. The quantitative estimate of drug-likeness (QED) is 0.509. The Balaban J connectivity index is 1.21. The Morgan fingerprint density at radius 2 is 1.82 bits per heavy atom. The number of amides is 1. The normalized spacial score (nSPS) is 25.7. The molecule has 212 valence electrons. The van der Waals surface area contributed by atoms with Gasteiger partial charge in [-0.15, -0.1) is 0 Å². The zero-order chi connectivity index (χ0) is 27.9. The van der Waals surface area contributed by atoms with Gasteiger partial charge in [-0.1, -0.05) is 13.8 Å². The van der Waals surface area contributed by atoms with Gasteiger partial charge in [0.1, 0.15) is 17.5 Å². The molecule has 0 bridgehead atoms. The SMILES string of the molecule is CC(C)[C@]1(C(=O)N2CCN(c3cc(C(F)(F)F)ccn3)CC2)CC[C@@H](NC2CCc3cc(F)cc(F)c3C2)C1. The van der Waals surface area contributed by atoms with E-state index in [2.05, 4.69) is 24.1 Å². The number of nitrogens with one attached hydrogen (secondary N) is 1. The van der Waals surface area contributed by atoms with Crippen LogP contribution in [0.25, 0.3) is 0 Å². The highest BCUT2D eigenvalue weighted by Crippen LogP contribution is 2.46. The molecule has 1 aromatic carbocycles. The number of anilines is 1. The molecule has 1 N–H and O–H groups in total. The van der Waals surface area contributed by atoms with Gasteiger partial charge in [0.05, 0.1) is 11.0 Å². The second-order valence-electron chi connectivity index (χ2n) is 11.6. The molecule has 1 unspecified atom stereocenters. The number of hydrogen-bond donors (Lipinski definition) is 1. The number of hydrogen-bond acceptors (Lipinski definition) is 4. The van der Waals surface area contributed by atoms with Gasteiger partial charge in [0, 0.05) is 50.5 Å². The number of benzene rings is 1. The topological polar surface area (TPSA) is 48.5 Å². The van der Waals surface area contributed by atoms with E-state index in [1.807, 2.05) is 4.90 Å². The Bertz CT molecular complexity index is 1210. The van der Waals surface area contributed by atoms with Crippen LogP contribution in [0.3, 0.4) is 0 Å². The Hall–Kier alpha value is -2.75. The first-order chi connectivity index (χ1) is 18.5. The second-order valence-corrected chi connectivity index (χ2v) is 11.6. The molecular weight excluding hydrogens is 515 g/mol. The molecule has 10 heteroatoms. The zero-order valence-corrected chi connectivity index (χ0v) is 22.3. The van der Waals surface area contributed by atoms with Crippen LogP contribution in [-0.2, 0) is 23.8 Å².